The summed E-state index contributed by atoms with van der Waals surface area (Å²) in [6.45, 7) is 9.71. The quantitative estimate of drug-likeness (QED) is 0.661. The van der Waals surface area contributed by atoms with Gasteiger partial charge in [0.2, 0.25) is 0 Å². The van der Waals surface area contributed by atoms with Gasteiger partial charge in [0.25, 0.3) is 0 Å². The van der Waals surface area contributed by atoms with E-state index >= 15 is 0 Å². The number of likely N-dealkylation sites (N-methyl/N-ethyl adjacent to an activating group) is 1. The van der Waals surface area contributed by atoms with Crippen molar-refractivity contribution >= 4 is 0 Å². The van der Waals surface area contributed by atoms with Gasteiger partial charge >= 0.3 is 0 Å². The van der Waals surface area contributed by atoms with Gasteiger partial charge in [-0.2, -0.15) is 0 Å². The van der Waals surface area contributed by atoms with Crippen LogP contribution < -0.4 is 0 Å². The first-order valence-corrected chi connectivity index (χ1v) is 4.96. The van der Waals surface area contributed by atoms with Crippen molar-refractivity contribution in [2.24, 2.45) is 0 Å². The number of hydrogen-bond acceptors (Lipinski definition) is 3. The average molecular weight is 187 g/mol. The van der Waals surface area contributed by atoms with E-state index in [4.69, 9.17) is 9.47 Å². The van der Waals surface area contributed by atoms with Crippen LogP contribution in [0.3, 0.4) is 0 Å². The van der Waals surface area contributed by atoms with E-state index in [2.05, 4.69) is 32.7 Å². The maximum Gasteiger partial charge on any atom is 0.101 e. The average Bonchev–Trinajstić information content (AvgIpc) is 2.01. The molecule has 1 heterocycles. The van der Waals surface area contributed by atoms with Crippen LogP contribution >= 0.6 is 0 Å². The molecule has 0 aliphatic carbocycles. The van der Waals surface area contributed by atoms with Crippen molar-refractivity contribution in [3.8, 4) is 0 Å². The lowest BCUT2D eigenvalue weighted by Gasteiger charge is -2.38. The van der Waals surface area contributed by atoms with E-state index < -0.39 is 0 Å². The highest BCUT2D eigenvalue weighted by atomic mass is 16.5. The third-order valence-electron chi connectivity index (χ3n) is 2.25. The zero-order valence-electron chi connectivity index (χ0n) is 9.17. The van der Waals surface area contributed by atoms with Crippen LogP contribution in [0.2, 0.25) is 0 Å². The topological polar surface area (TPSA) is 21.7 Å². The third-order valence-corrected chi connectivity index (χ3v) is 2.25. The molecule has 1 aliphatic heterocycles. The third kappa shape index (κ3) is 3.63. The van der Waals surface area contributed by atoms with Gasteiger partial charge in [-0.05, 0) is 27.8 Å². The Hall–Kier alpha value is -0.120. The molecule has 1 saturated heterocycles. The zero-order valence-corrected chi connectivity index (χ0v) is 9.17. The second-order valence-corrected chi connectivity index (χ2v) is 4.40. The van der Waals surface area contributed by atoms with Gasteiger partial charge in [0.1, 0.15) is 5.60 Å². The summed E-state index contributed by atoms with van der Waals surface area (Å²) in [7, 11) is 2.12. The molecule has 78 valence electrons. The highest BCUT2D eigenvalue weighted by Crippen LogP contribution is 2.17. The SMILES string of the molecule is CC(C)OCC1(C)CN(C)CCO1. The zero-order chi connectivity index (χ0) is 9.90. The predicted molar refractivity (Wildman–Crippen MR) is 52.9 cm³/mol. The molecular formula is C10H21NO2. The van der Waals surface area contributed by atoms with E-state index in [0.717, 1.165) is 19.7 Å². The number of hydrogen-bond donors (Lipinski definition) is 0. The van der Waals surface area contributed by atoms with Crippen LogP contribution in [0.5, 0.6) is 0 Å². The van der Waals surface area contributed by atoms with E-state index in [9.17, 15) is 0 Å². The molecule has 0 aromatic rings. The summed E-state index contributed by atoms with van der Waals surface area (Å²) in [6.07, 6.45) is 0.285. The van der Waals surface area contributed by atoms with Crippen LogP contribution in [0.25, 0.3) is 0 Å². The minimum Gasteiger partial charge on any atom is -0.376 e. The largest absolute Gasteiger partial charge is 0.376 e. The summed E-state index contributed by atoms with van der Waals surface area (Å²) >= 11 is 0. The monoisotopic (exact) mass is 187 g/mol. The molecule has 13 heavy (non-hydrogen) atoms. The van der Waals surface area contributed by atoms with E-state index in [-0.39, 0.29) is 11.7 Å². The van der Waals surface area contributed by atoms with E-state index in [1.54, 1.807) is 0 Å². The molecule has 1 aliphatic rings. The van der Waals surface area contributed by atoms with Gasteiger partial charge in [0.05, 0.1) is 19.3 Å². The molecule has 1 unspecified atom stereocenters. The van der Waals surface area contributed by atoms with Gasteiger partial charge in [-0.25, -0.2) is 0 Å². The van der Waals surface area contributed by atoms with Crippen molar-refractivity contribution < 1.29 is 9.47 Å². The van der Waals surface area contributed by atoms with Crippen molar-refractivity contribution in [1.82, 2.24) is 4.90 Å². The summed E-state index contributed by atoms with van der Waals surface area (Å²) in [6, 6.07) is 0. The number of rotatable bonds is 3. The molecule has 0 aromatic carbocycles. The second-order valence-electron chi connectivity index (χ2n) is 4.40. The van der Waals surface area contributed by atoms with Crippen molar-refractivity contribution in [3.63, 3.8) is 0 Å². The summed E-state index contributed by atoms with van der Waals surface area (Å²) < 4.78 is 11.3. The maximum absolute atomic E-state index is 5.72. The van der Waals surface area contributed by atoms with Crippen LogP contribution in [0, 0.1) is 0 Å². The first kappa shape index (κ1) is 11.0. The van der Waals surface area contributed by atoms with Gasteiger partial charge in [0.15, 0.2) is 0 Å². The minimum atomic E-state index is -0.114. The highest BCUT2D eigenvalue weighted by molar-refractivity contribution is 4.82. The molecule has 0 amide bonds. The molecule has 1 rings (SSSR count). The molecule has 0 radical (unpaired) electrons. The van der Waals surface area contributed by atoms with Crippen molar-refractivity contribution in [3.05, 3.63) is 0 Å². The molecular weight excluding hydrogens is 166 g/mol. The predicted octanol–water partition coefficient (Wildman–Crippen LogP) is 1.13. The van der Waals surface area contributed by atoms with Crippen molar-refractivity contribution in [1.29, 1.82) is 0 Å². The van der Waals surface area contributed by atoms with Gasteiger partial charge in [-0.3, -0.25) is 0 Å². The smallest absolute Gasteiger partial charge is 0.101 e. The van der Waals surface area contributed by atoms with Crippen LogP contribution in [-0.2, 0) is 9.47 Å². The summed E-state index contributed by atoms with van der Waals surface area (Å²) in [5, 5.41) is 0. The molecule has 1 fully saturated rings. The van der Waals surface area contributed by atoms with Crippen molar-refractivity contribution in [2.75, 3.05) is 33.4 Å². The lowest BCUT2D eigenvalue weighted by molar-refractivity contribution is -0.137. The lowest BCUT2D eigenvalue weighted by atomic mass is 10.1. The standard InChI is InChI=1S/C10H21NO2/c1-9(2)12-8-10(3)7-11(4)5-6-13-10/h9H,5-8H2,1-4H3. The molecule has 0 N–H and O–H groups in total. The summed E-state index contributed by atoms with van der Waals surface area (Å²) in [5.41, 5.74) is -0.114. The Morgan fingerprint density at radius 2 is 2.23 bits per heavy atom. The fourth-order valence-corrected chi connectivity index (χ4v) is 1.57. The fourth-order valence-electron chi connectivity index (χ4n) is 1.57. The van der Waals surface area contributed by atoms with Gasteiger partial charge in [-0.1, -0.05) is 0 Å². The Morgan fingerprint density at radius 3 is 2.77 bits per heavy atom. The molecule has 0 bridgehead atoms. The molecule has 3 heteroatoms. The number of ether oxygens (including phenoxy) is 2. The van der Waals surface area contributed by atoms with Crippen LogP contribution in [0.4, 0.5) is 0 Å². The van der Waals surface area contributed by atoms with E-state index in [1.807, 2.05) is 0 Å². The van der Waals surface area contributed by atoms with Crippen LogP contribution in [-0.4, -0.2) is 50.0 Å². The minimum absolute atomic E-state index is 0.114. The Labute approximate surface area is 81.0 Å². The van der Waals surface area contributed by atoms with Crippen molar-refractivity contribution in [2.45, 2.75) is 32.5 Å². The fraction of sp³-hybridized carbons (Fsp3) is 1.00. The Kier molecular flexibility index (Phi) is 3.71. The summed E-state index contributed by atoms with van der Waals surface area (Å²) in [5.74, 6) is 0. The maximum atomic E-state index is 5.72. The van der Waals surface area contributed by atoms with Gasteiger partial charge < -0.3 is 14.4 Å². The number of morpholine rings is 1. The summed E-state index contributed by atoms with van der Waals surface area (Å²) in [4.78, 5) is 2.28. The van der Waals surface area contributed by atoms with Crippen LogP contribution in [0.1, 0.15) is 20.8 Å². The Balaban J connectivity index is 2.35. The molecule has 0 spiro atoms. The molecule has 0 aromatic heterocycles. The Bertz CT molecular complexity index is 161. The van der Waals surface area contributed by atoms with Crippen LogP contribution in [0.15, 0.2) is 0 Å². The second kappa shape index (κ2) is 4.40. The first-order chi connectivity index (χ1) is 6.02. The normalized spacial score (nSPS) is 31.2. The van der Waals surface area contributed by atoms with Gasteiger partial charge in [0, 0.05) is 13.1 Å². The highest BCUT2D eigenvalue weighted by Gasteiger charge is 2.30. The van der Waals surface area contributed by atoms with Gasteiger partial charge in [-0.15, -0.1) is 0 Å². The molecule has 3 nitrogen and oxygen atoms in total. The van der Waals surface area contributed by atoms with E-state index in [1.165, 1.54) is 0 Å². The number of nitrogens with zero attached hydrogens (tertiary/aromatic N) is 1. The molecule has 0 saturated carbocycles. The first-order valence-electron chi connectivity index (χ1n) is 4.96. The lowest BCUT2D eigenvalue weighted by Crippen LogP contribution is -2.51. The molecule has 1 atom stereocenters. The van der Waals surface area contributed by atoms with E-state index in [0.29, 0.717) is 6.61 Å². The Morgan fingerprint density at radius 1 is 1.54 bits per heavy atom.